The smallest absolute Gasteiger partial charge is 0.340 e. The molecule has 0 aliphatic rings. The van der Waals surface area contributed by atoms with Crippen LogP contribution in [0.5, 0.6) is 5.88 Å². The molecule has 1 N–H and O–H groups in total. The van der Waals surface area contributed by atoms with Crippen LogP contribution in [0.15, 0.2) is 12.1 Å². The van der Waals surface area contributed by atoms with Crippen molar-refractivity contribution >= 4 is 0 Å². The molecule has 1 heterocycles. The zero-order valence-corrected chi connectivity index (χ0v) is 10.0. The Kier molecular flexibility index (Phi) is 4.89. The van der Waals surface area contributed by atoms with Gasteiger partial charge in [0.05, 0.1) is 0 Å². The molecule has 1 aromatic rings. The van der Waals surface area contributed by atoms with E-state index >= 15 is 0 Å². The molecule has 0 radical (unpaired) electrons. The number of aromatic nitrogens is 1. The molecule has 1 aromatic heterocycles. The van der Waals surface area contributed by atoms with Gasteiger partial charge in [-0.1, -0.05) is 0 Å². The highest BCUT2D eigenvalue weighted by Gasteiger charge is 2.41. The van der Waals surface area contributed by atoms with Crippen molar-refractivity contribution in [2.45, 2.75) is 25.8 Å². The number of halogens is 4. The fourth-order valence-electron chi connectivity index (χ4n) is 1.32. The quantitative estimate of drug-likeness (QED) is 0.803. The van der Waals surface area contributed by atoms with Gasteiger partial charge >= 0.3 is 12.3 Å². The van der Waals surface area contributed by atoms with Gasteiger partial charge in [-0.05, 0) is 25.6 Å². The second-order valence-corrected chi connectivity index (χ2v) is 3.84. The van der Waals surface area contributed by atoms with E-state index in [1.165, 1.54) is 6.07 Å². The molecule has 0 aliphatic carbocycles. The van der Waals surface area contributed by atoms with Crippen molar-refractivity contribution in [1.82, 2.24) is 10.3 Å². The molecule has 1 rings (SSSR count). The minimum absolute atomic E-state index is 0.0828. The lowest BCUT2D eigenvalue weighted by atomic mass is 10.2. The van der Waals surface area contributed by atoms with Crippen LogP contribution in [-0.4, -0.2) is 31.0 Å². The molecular formula is C11H14F4N2O. The molecular weight excluding hydrogens is 252 g/mol. The van der Waals surface area contributed by atoms with E-state index in [4.69, 9.17) is 0 Å². The van der Waals surface area contributed by atoms with Crippen LogP contribution in [0.25, 0.3) is 0 Å². The molecule has 3 nitrogen and oxygen atoms in total. The molecule has 102 valence electrons. The average Bonchev–Trinajstić information content (AvgIpc) is 2.26. The van der Waals surface area contributed by atoms with E-state index in [0.29, 0.717) is 12.2 Å². The van der Waals surface area contributed by atoms with Crippen LogP contribution in [-0.2, 0) is 6.54 Å². The molecule has 0 fully saturated rings. The van der Waals surface area contributed by atoms with Gasteiger partial charge in [0.15, 0.2) is 6.61 Å². The Hall–Kier alpha value is -1.37. The molecule has 0 aliphatic heterocycles. The van der Waals surface area contributed by atoms with Crippen molar-refractivity contribution in [3.05, 3.63) is 23.4 Å². The first kappa shape index (κ1) is 14.7. The van der Waals surface area contributed by atoms with Gasteiger partial charge in [0.1, 0.15) is 0 Å². The summed E-state index contributed by atoms with van der Waals surface area (Å²) in [4.78, 5) is 3.85. The number of pyridine rings is 1. The van der Waals surface area contributed by atoms with Gasteiger partial charge in [0.25, 0.3) is 0 Å². The van der Waals surface area contributed by atoms with E-state index in [1.807, 2.05) is 0 Å². The highest BCUT2D eigenvalue weighted by Crippen LogP contribution is 2.24. The minimum Gasteiger partial charge on any atom is -0.471 e. The predicted octanol–water partition coefficient (Wildman–Crippen LogP) is 2.39. The monoisotopic (exact) mass is 266 g/mol. The highest BCUT2D eigenvalue weighted by molar-refractivity contribution is 5.24. The number of nitrogens with zero attached hydrogens (tertiary/aromatic N) is 1. The summed E-state index contributed by atoms with van der Waals surface area (Å²) in [6, 6.07) is 3.18. The maximum absolute atomic E-state index is 12.7. The second-order valence-electron chi connectivity index (χ2n) is 3.84. The second kappa shape index (κ2) is 5.99. The lowest BCUT2D eigenvalue weighted by molar-refractivity contribution is -0.148. The van der Waals surface area contributed by atoms with Gasteiger partial charge < -0.3 is 10.1 Å². The maximum atomic E-state index is 12.7. The summed E-state index contributed by atoms with van der Waals surface area (Å²) in [5, 5.41) is 2.88. The summed E-state index contributed by atoms with van der Waals surface area (Å²) >= 11 is 0. The van der Waals surface area contributed by atoms with Crippen LogP contribution in [0, 0.1) is 6.92 Å². The summed E-state index contributed by atoms with van der Waals surface area (Å²) in [6.45, 7) is 0.780. The van der Waals surface area contributed by atoms with Crippen LogP contribution in [0.3, 0.4) is 0 Å². The Balaban J connectivity index is 2.73. The van der Waals surface area contributed by atoms with Gasteiger partial charge in [-0.3, -0.25) is 0 Å². The molecule has 0 amide bonds. The number of hydrogen-bond acceptors (Lipinski definition) is 3. The van der Waals surface area contributed by atoms with Crippen molar-refractivity contribution < 1.29 is 22.3 Å². The number of aryl methyl sites for hydroxylation is 1. The number of alkyl halides is 4. The van der Waals surface area contributed by atoms with Gasteiger partial charge in [-0.25, -0.2) is 13.8 Å². The van der Waals surface area contributed by atoms with Gasteiger partial charge in [-0.15, -0.1) is 0 Å². The number of ether oxygens (including phenoxy) is 1. The largest absolute Gasteiger partial charge is 0.471 e. The van der Waals surface area contributed by atoms with Crippen LogP contribution < -0.4 is 10.1 Å². The van der Waals surface area contributed by atoms with E-state index < -0.39 is 19.0 Å². The van der Waals surface area contributed by atoms with Crippen LogP contribution in [0.4, 0.5) is 17.6 Å². The third-order valence-corrected chi connectivity index (χ3v) is 2.10. The summed E-state index contributed by atoms with van der Waals surface area (Å²) in [5.74, 6) is -4.25. The Morgan fingerprint density at radius 2 is 2.06 bits per heavy atom. The molecule has 0 bridgehead atoms. The lowest BCUT2D eigenvalue weighted by Crippen LogP contribution is -2.34. The van der Waals surface area contributed by atoms with Gasteiger partial charge in [0.2, 0.25) is 5.88 Å². The van der Waals surface area contributed by atoms with E-state index in [1.54, 1.807) is 20.0 Å². The van der Waals surface area contributed by atoms with Crippen molar-refractivity contribution in [3.63, 3.8) is 0 Å². The van der Waals surface area contributed by atoms with Crippen molar-refractivity contribution in [3.8, 4) is 5.88 Å². The number of rotatable bonds is 6. The first-order valence-electron chi connectivity index (χ1n) is 5.26. The topological polar surface area (TPSA) is 34.2 Å². The average molecular weight is 266 g/mol. The molecule has 0 aromatic carbocycles. The fraction of sp³-hybridized carbons (Fsp3) is 0.545. The summed E-state index contributed by atoms with van der Waals surface area (Å²) in [5.41, 5.74) is 1.35. The Morgan fingerprint density at radius 1 is 1.39 bits per heavy atom. The summed E-state index contributed by atoms with van der Waals surface area (Å²) < 4.78 is 53.8. The van der Waals surface area contributed by atoms with E-state index in [2.05, 4.69) is 15.0 Å². The third-order valence-electron chi connectivity index (χ3n) is 2.10. The van der Waals surface area contributed by atoms with Crippen LogP contribution >= 0.6 is 0 Å². The zero-order chi connectivity index (χ0) is 13.8. The number of nitrogens with one attached hydrogen (secondary N) is 1. The Morgan fingerprint density at radius 3 is 2.61 bits per heavy atom. The first-order chi connectivity index (χ1) is 8.35. The van der Waals surface area contributed by atoms with Crippen molar-refractivity contribution in [1.29, 1.82) is 0 Å². The molecule has 0 saturated heterocycles. The first-order valence-corrected chi connectivity index (χ1v) is 5.26. The van der Waals surface area contributed by atoms with Crippen molar-refractivity contribution in [2.75, 3.05) is 13.7 Å². The maximum Gasteiger partial charge on any atom is 0.340 e. The molecule has 0 spiro atoms. The van der Waals surface area contributed by atoms with E-state index in [-0.39, 0.29) is 5.88 Å². The Bertz CT molecular complexity index is 399. The van der Waals surface area contributed by atoms with E-state index in [0.717, 1.165) is 5.56 Å². The molecule has 0 atom stereocenters. The summed E-state index contributed by atoms with van der Waals surface area (Å²) in [7, 11) is 1.72. The SMILES string of the molecule is CNCc1cc(C)nc(OCC(F)(F)C(F)F)c1. The molecule has 0 saturated carbocycles. The predicted molar refractivity (Wildman–Crippen MR) is 58.2 cm³/mol. The van der Waals surface area contributed by atoms with Crippen molar-refractivity contribution in [2.24, 2.45) is 0 Å². The van der Waals surface area contributed by atoms with Crippen LogP contribution in [0.2, 0.25) is 0 Å². The van der Waals surface area contributed by atoms with E-state index in [9.17, 15) is 17.6 Å². The minimum atomic E-state index is -4.17. The normalized spacial score (nSPS) is 11.9. The standard InChI is InChI=1S/C11H14F4N2O/c1-7-3-8(5-16-2)4-9(17-7)18-6-11(14,15)10(12)13/h3-4,10,16H,5-6H2,1-2H3. The van der Waals surface area contributed by atoms with Gasteiger partial charge in [-0.2, -0.15) is 8.78 Å². The Labute approximate surface area is 102 Å². The molecule has 18 heavy (non-hydrogen) atoms. The third kappa shape index (κ3) is 4.14. The molecule has 7 heteroatoms. The zero-order valence-electron chi connectivity index (χ0n) is 10.0. The molecule has 0 unspecified atom stereocenters. The summed E-state index contributed by atoms with van der Waals surface area (Å²) in [6.07, 6.45) is -3.75. The van der Waals surface area contributed by atoms with Gasteiger partial charge in [0, 0.05) is 18.3 Å². The fourth-order valence-corrected chi connectivity index (χ4v) is 1.32. The number of hydrogen-bond donors (Lipinski definition) is 1. The highest BCUT2D eigenvalue weighted by atomic mass is 19.3. The van der Waals surface area contributed by atoms with Crippen LogP contribution in [0.1, 0.15) is 11.3 Å². The lowest BCUT2D eigenvalue weighted by Gasteiger charge is -2.16.